The van der Waals surface area contributed by atoms with Gasteiger partial charge in [-0.2, -0.15) is 0 Å². The van der Waals surface area contributed by atoms with Crippen LogP contribution in [0.4, 0.5) is 4.39 Å². The molecule has 6 heteroatoms. The lowest BCUT2D eigenvalue weighted by atomic mass is 10.1. The van der Waals surface area contributed by atoms with Gasteiger partial charge >= 0.3 is 0 Å². The molecule has 0 aliphatic carbocycles. The van der Waals surface area contributed by atoms with Crippen LogP contribution in [0.5, 0.6) is 0 Å². The van der Waals surface area contributed by atoms with E-state index in [4.69, 9.17) is 0 Å². The summed E-state index contributed by atoms with van der Waals surface area (Å²) in [5, 5.41) is 0.723. The maximum absolute atomic E-state index is 13.0. The third-order valence-electron chi connectivity index (χ3n) is 2.73. The summed E-state index contributed by atoms with van der Waals surface area (Å²) in [6.45, 7) is 0. The van der Waals surface area contributed by atoms with Crippen LogP contribution >= 0.6 is 23.1 Å². The van der Waals surface area contributed by atoms with Gasteiger partial charge in [0.25, 0.3) is 0 Å². The summed E-state index contributed by atoms with van der Waals surface area (Å²) in [5.74, 6) is -0.253. The van der Waals surface area contributed by atoms with Crippen molar-refractivity contribution >= 4 is 23.1 Å². The third kappa shape index (κ3) is 2.57. The van der Waals surface area contributed by atoms with E-state index in [1.165, 1.54) is 35.2 Å². The van der Waals surface area contributed by atoms with E-state index in [0.717, 1.165) is 27.0 Å². The molecule has 0 saturated carbocycles. The van der Waals surface area contributed by atoms with Gasteiger partial charge in [-0.25, -0.2) is 19.3 Å². The van der Waals surface area contributed by atoms with E-state index in [-0.39, 0.29) is 5.82 Å². The van der Waals surface area contributed by atoms with Crippen LogP contribution in [0.3, 0.4) is 0 Å². The molecule has 100 valence electrons. The van der Waals surface area contributed by atoms with Crippen LogP contribution in [0.2, 0.25) is 0 Å². The van der Waals surface area contributed by atoms with Gasteiger partial charge < -0.3 is 0 Å². The van der Waals surface area contributed by atoms with Crippen molar-refractivity contribution in [1.82, 2.24) is 15.0 Å². The molecule has 2 heterocycles. The van der Waals surface area contributed by atoms with E-state index in [9.17, 15) is 4.39 Å². The highest BCUT2D eigenvalue weighted by Gasteiger charge is 2.12. The van der Waals surface area contributed by atoms with Crippen LogP contribution in [0.1, 0.15) is 0 Å². The standard InChI is InChI=1S/C14H10FN3S2/c1-19-14-16-7-6-11(18-14)13-12(17-8-20-13)9-2-4-10(15)5-3-9/h2-8H,1H3. The summed E-state index contributed by atoms with van der Waals surface area (Å²) in [6.07, 6.45) is 3.68. The molecule has 2 aromatic heterocycles. The predicted molar refractivity (Wildman–Crippen MR) is 80.3 cm³/mol. The first kappa shape index (κ1) is 13.2. The quantitative estimate of drug-likeness (QED) is 0.539. The molecule has 0 radical (unpaired) electrons. The van der Waals surface area contributed by atoms with Crippen molar-refractivity contribution in [3.05, 3.63) is 47.9 Å². The average Bonchev–Trinajstić information content (AvgIpc) is 2.97. The number of rotatable bonds is 3. The Labute approximate surface area is 123 Å². The van der Waals surface area contributed by atoms with Crippen LogP contribution in [0.15, 0.2) is 47.2 Å². The van der Waals surface area contributed by atoms with Crippen molar-refractivity contribution in [2.75, 3.05) is 6.26 Å². The second kappa shape index (κ2) is 5.68. The number of hydrogen-bond donors (Lipinski definition) is 0. The van der Waals surface area contributed by atoms with E-state index in [1.807, 2.05) is 12.3 Å². The minimum absolute atomic E-state index is 0.253. The fraction of sp³-hybridized carbons (Fsp3) is 0.0714. The van der Waals surface area contributed by atoms with Crippen LogP contribution in [-0.2, 0) is 0 Å². The summed E-state index contributed by atoms with van der Waals surface area (Å²) < 4.78 is 13.0. The van der Waals surface area contributed by atoms with Gasteiger partial charge in [0.05, 0.1) is 21.8 Å². The number of thioether (sulfide) groups is 1. The van der Waals surface area contributed by atoms with Crippen LogP contribution in [-0.4, -0.2) is 21.2 Å². The van der Waals surface area contributed by atoms with Crippen molar-refractivity contribution in [1.29, 1.82) is 0 Å². The lowest BCUT2D eigenvalue weighted by Crippen LogP contribution is -1.89. The normalized spacial score (nSPS) is 10.7. The SMILES string of the molecule is CSc1nccc(-c2scnc2-c2ccc(F)cc2)n1. The maximum atomic E-state index is 13.0. The summed E-state index contributed by atoms with van der Waals surface area (Å²) in [4.78, 5) is 14.0. The van der Waals surface area contributed by atoms with Gasteiger partial charge in [-0.3, -0.25) is 0 Å². The molecule has 0 atom stereocenters. The Balaban J connectivity index is 2.07. The molecule has 0 aliphatic heterocycles. The molecule has 3 nitrogen and oxygen atoms in total. The molecular weight excluding hydrogens is 293 g/mol. The van der Waals surface area contributed by atoms with E-state index >= 15 is 0 Å². The van der Waals surface area contributed by atoms with Crippen molar-refractivity contribution < 1.29 is 4.39 Å². The summed E-state index contributed by atoms with van der Waals surface area (Å²) in [5.41, 5.74) is 4.31. The average molecular weight is 303 g/mol. The topological polar surface area (TPSA) is 38.7 Å². The minimum Gasteiger partial charge on any atom is -0.244 e. The van der Waals surface area contributed by atoms with Gasteiger partial charge in [0.15, 0.2) is 5.16 Å². The lowest BCUT2D eigenvalue weighted by molar-refractivity contribution is 0.628. The van der Waals surface area contributed by atoms with E-state index in [1.54, 1.807) is 23.8 Å². The molecular formula is C14H10FN3S2. The summed E-state index contributed by atoms with van der Waals surface area (Å²) in [6, 6.07) is 8.19. The minimum atomic E-state index is -0.253. The fourth-order valence-corrected chi connectivity index (χ4v) is 2.94. The Bertz CT molecular complexity index is 725. The molecule has 0 aliphatic rings. The van der Waals surface area contributed by atoms with E-state index < -0.39 is 0 Å². The highest BCUT2D eigenvalue weighted by Crippen LogP contribution is 2.33. The van der Waals surface area contributed by atoms with Crippen molar-refractivity contribution in [2.45, 2.75) is 5.16 Å². The van der Waals surface area contributed by atoms with Crippen LogP contribution in [0.25, 0.3) is 21.8 Å². The zero-order valence-corrected chi connectivity index (χ0v) is 12.2. The first-order valence-corrected chi connectivity index (χ1v) is 7.95. The molecule has 1 aromatic carbocycles. The Kier molecular flexibility index (Phi) is 3.75. The molecule has 0 amide bonds. The molecule has 0 bridgehead atoms. The number of nitrogens with zero attached hydrogens (tertiary/aromatic N) is 3. The third-order valence-corrected chi connectivity index (χ3v) is 4.14. The molecule has 0 spiro atoms. The molecule has 3 rings (SSSR count). The molecule has 0 N–H and O–H groups in total. The maximum Gasteiger partial charge on any atom is 0.187 e. The molecule has 20 heavy (non-hydrogen) atoms. The summed E-state index contributed by atoms with van der Waals surface area (Å²) in [7, 11) is 0. The second-order valence-corrected chi connectivity index (χ2v) is 5.59. The highest BCUT2D eigenvalue weighted by molar-refractivity contribution is 7.98. The molecule has 0 saturated heterocycles. The largest absolute Gasteiger partial charge is 0.244 e. The van der Waals surface area contributed by atoms with E-state index in [0.29, 0.717) is 0 Å². The van der Waals surface area contributed by atoms with Gasteiger partial charge in [0.1, 0.15) is 5.82 Å². The Morgan fingerprint density at radius 1 is 1.10 bits per heavy atom. The number of thiazole rings is 1. The number of hydrogen-bond acceptors (Lipinski definition) is 5. The first-order chi connectivity index (χ1) is 9.78. The zero-order valence-electron chi connectivity index (χ0n) is 10.6. The number of benzene rings is 1. The Morgan fingerprint density at radius 2 is 1.90 bits per heavy atom. The van der Waals surface area contributed by atoms with Gasteiger partial charge in [0.2, 0.25) is 0 Å². The second-order valence-electron chi connectivity index (χ2n) is 3.97. The molecule has 0 fully saturated rings. The molecule has 3 aromatic rings. The van der Waals surface area contributed by atoms with Crippen molar-refractivity contribution in [2.24, 2.45) is 0 Å². The van der Waals surface area contributed by atoms with Crippen molar-refractivity contribution in [3.8, 4) is 21.8 Å². The number of aromatic nitrogens is 3. The molecule has 0 unspecified atom stereocenters. The lowest BCUT2D eigenvalue weighted by Gasteiger charge is -2.03. The summed E-state index contributed by atoms with van der Waals surface area (Å²) >= 11 is 3.01. The van der Waals surface area contributed by atoms with Gasteiger partial charge in [-0.15, -0.1) is 11.3 Å². The predicted octanol–water partition coefficient (Wildman–Crippen LogP) is 4.13. The number of halogens is 1. The first-order valence-electron chi connectivity index (χ1n) is 5.85. The monoisotopic (exact) mass is 303 g/mol. The van der Waals surface area contributed by atoms with Gasteiger partial charge in [-0.1, -0.05) is 11.8 Å². The fourth-order valence-electron chi connectivity index (χ4n) is 1.81. The highest BCUT2D eigenvalue weighted by atomic mass is 32.2. The van der Waals surface area contributed by atoms with E-state index in [2.05, 4.69) is 15.0 Å². The smallest absolute Gasteiger partial charge is 0.187 e. The van der Waals surface area contributed by atoms with Gasteiger partial charge in [-0.05, 0) is 36.6 Å². The van der Waals surface area contributed by atoms with Crippen LogP contribution in [0, 0.1) is 5.82 Å². The zero-order chi connectivity index (χ0) is 13.9. The van der Waals surface area contributed by atoms with Crippen molar-refractivity contribution in [3.63, 3.8) is 0 Å². The Hall–Kier alpha value is -1.79. The van der Waals surface area contributed by atoms with Gasteiger partial charge in [0, 0.05) is 11.8 Å². The Morgan fingerprint density at radius 3 is 2.65 bits per heavy atom. The van der Waals surface area contributed by atoms with Crippen LogP contribution < -0.4 is 0 Å².